The molecule has 5 aromatic rings. The second-order valence-electron chi connectivity index (χ2n) is 14.4. The first-order valence-electron chi connectivity index (χ1n) is 16.7. The fourth-order valence-corrected chi connectivity index (χ4v) is 40.9. The Bertz CT molecular complexity index is 2100. The first-order valence-corrected chi connectivity index (χ1v) is 33.0. The van der Waals surface area contributed by atoms with Crippen molar-refractivity contribution >= 4 is 45.9 Å². The number of allylic oxidation sites excluding steroid dienone is 2. The summed E-state index contributed by atoms with van der Waals surface area (Å²) in [6.45, 7) is 16.3. The zero-order valence-corrected chi connectivity index (χ0v) is 33.1. The van der Waals surface area contributed by atoms with E-state index in [4.69, 9.17) is 17.0 Å². The number of hydrogen-bond donors (Lipinski definition) is 0. The number of fused-ring (bicyclic) bond motifs is 3. The second-order valence-corrected chi connectivity index (χ2v) is 56.9. The summed E-state index contributed by atoms with van der Waals surface area (Å²) in [5.41, 5.74) is 15.8. The molecule has 0 aliphatic heterocycles. The van der Waals surface area contributed by atoms with Crippen molar-refractivity contribution in [1.82, 2.24) is 0 Å². The molecule has 0 radical (unpaired) electrons. The molecule has 46 heavy (non-hydrogen) atoms. The third-order valence-electron chi connectivity index (χ3n) is 11.0. The molecular formula is C42H43Cl2SiZr. The summed E-state index contributed by atoms with van der Waals surface area (Å²) in [4.78, 5) is 0. The molecular weight excluding hydrogens is 695 g/mol. The molecule has 0 saturated heterocycles. The summed E-state index contributed by atoms with van der Waals surface area (Å²) < 4.78 is 0.151. The molecule has 0 fully saturated rings. The summed E-state index contributed by atoms with van der Waals surface area (Å²) in [6, 6.07) is 35.7. The molecule has 0 N–H and O–H groups in total. The maximum absolute atomic E-state index is 8.68. The van der Waals surface area contributed by atoms with Gasteiger partial charge in [0, 0.05) is 0 Å². The van der Waals surface area contributed by atoms with Crippen molar-refractivity contribution in [3.8, 4) is 22.3 Å². The predicted molar refractivity (Wildman–Crippen MR) is 203 cm³/mol. The summed E-state index contributed by atoms with van der Waals surface area (Å²) in [6.07, 6.45) is 4.92. The van der Waals surface area contributed by atoms with Crippen molar-refractivity contribution in [2.24, 2.45) is 5.92 Å². The van der Waals surface area contributed by atoms with Gasteiger partial charge in [0.05, 0.1) is 0 Å². The molecule has 233 valence electrons. The second kappa shape index (κ2) is 11.6. The van der Waals surface area contributed by atoms with E-state index in [1.165, 1.54) is 77.6 Å². The van der Waals surface area contributed by atoms with Crippen molar-refractivity contribution in [3.05, 3.63) is 142 Å². The molecule has 0 heterocycles. The molecule has 4 heteroatoms. The molecule has 0 aromatic heterocycles. The van der Waals surface area contributed by atoms with Gasteiger partial charge in [0.2, 0.25) is 0 Å². The van der Waals surface area contributed by atoms with Gasteiger partial charge in [-0.2, -0.15) is 0 Å². The van der Waals surface area contributed by atoms with Crippen LogP contribution < -0.4 is 0 Å². The number of hydrogen-bond acceptors (Lipinski definition) is 0. The van der Waals surface area contributed by atoms with Crippen LogP contribution in [0.15, 0.2) is 108 Å². The van der Waals surface area contributed by atoms with Crippen LogP contribution in [-0.4, -0.2) is 5.92 Å². The SMILES string of the molecule is CC1=Cc2c(-c3cccc4ccccc34)ccc(C)c2[CH]1[Zr]([Cl])([Cl])([CH]1C(C(C)C)=Cc2c(-c3cccc(C)c3)cccc21)[SiH](C)C. The van der Waals surface area contributed by atoms with Crippen LogP contribution >= 0.6 is 17.0 Å². The molecule has 0 nitrogen and oxygen atoms in total. The first kappa shape index (κ1) is 32.1. The molecule has 5 aromatic carbocycles. The fourth-order valence-electron chi connectivity index (χ4n) is 8.67. The third-order valence-corrected chi connectivity index (χ3v) is 62.9. The summed E-state index contributed by atoms with van der Waals surface area (Å²) in [5, 5.41) is 2.54. The van der Waals surface area contributed by atoms with E-state index in [0.717, 1.165) is 0 Å². The standard InChI is InChI=1S/C21H17.C19H19.C2H7Si.2ClH.Zr/c1-14-12-20-15(2)10-11-19(21(20)13-14)18-9-5-7-16-6-3-4-8-17(16)18;1-13(2)17-11-16-8-5-9-18(19(16)12-17)15-7-4-6-14(3)10-15;1-3-2;;;/h3-13H,1-2H3;4-13H,1-3H3;3H,1-2H3;2*1H;/q;;;;;+2/p-2. The van der Waals surface area contributed by atoms with E-state index in [2.05, 4.69) is 157 Å². The van der Waals surface area contributed by atoms with Crippen LogP contribution in [0.1, 0.15) is 61.4 Å². The van der Waals surface area contributed by atoms with Gasteiger partial charge in [-0.25, -0.2) is 0 Å². The molecule has 0 bridgehead atoms. The molecule has 2 aliphatic carbocycles. The quantitative estimate of drug-likeness (QED) is 0.152. The van der Waals surface area contributed by atoms with E-state index in [9.17, 15) is 0 Å². The first-order chi connectivity index (χ1) is 21.9. The van der Waals surface area contributed by atoms with Crippen LogP contribution in [0.2, 0.25) is 13.1 Å². The van der Waals surface area contributed by atoms with Crippen molar-refractivity contribution in [3.63, 3.8) is 0 Å². The van der Waals surface area contributed by atoms with E-state index >= 15 is 0 Å². The molecule has 0 spiro atoms. The molecule has 2 unspecified atom stereocenters. The van der Waals surface area contributed by atoms with Gasteiger partial charge in [0.15, 0.2) is 0 Å². The Morgan fingerprint density at radius 2 is 1.37 bits per heavy atom. The number of halogens is 2. The van der Waals surface area contributed by atoms with Crippen LogP contribution in [0.3, 0.4) is 0 Å². The number of rotatable bonds is 6. The van der Waals surface area contributed by atoms with Gasteiger partial charge in [-0.1, -0.05) is 0 Å². The molecule has 0 amide bonds. The maximum atomic E-state index is 8.68. The molecule has 2 aliphatic rings. The zero-order chi connectivity index (χ0) is 32.6. The average molecular weight is 738 g/mol. The van der Waals surface area contributed by atoms with Gasteiger partial charge in [-0.15, -0.1) is 0 Å². The average Bonchev–Trinajstić information content (AvgIpc) is 3.61. The van der Waals surface area contributed by atoms with Crippen LogP contribution in [0, 0.1) is 19.8 Å². The van der Waals surface area contributed by atoms with E-state index in [1.807, 2.05) is 0 Å². The van der Waals surface area contributed by atoms with Crippen molar-refractivity contribution in [2.45, 2.75) is 55.0 Å². The number of aryl methyl sites for hydroxylation is 2. The van der Waals surface area contributed by atoms with E-state index in [1.54, 1.807) is 0 Å². The Morgan fingerprint density at radius 1 is 0.674 bits per heavy atom. The van der Waals surface area contributed by atoms with E-state index in [0.29, 0.717) is 5.92 Å². The van der Waals surface area contributed by atoms with Crippen molar-refractivity contribution < 1.29 is 15.6 Å². The van der Waals surface area contributed by atoms with Crippen molar-refractivity contribution in [2.75, 3.05) is 0 Å². The van der Waals surface area contributed by atoms with Gasteiger partial charge >= 0.3 is 286 Å². The minimum atomic E-state index is -4.86. The van der Waals surface area contributed by atoms with Gasteiger partial charge in [-0.05, 0) is 0 Å². The van der Waals surface area contributed by atoms with Gasteiger partial charge in [0.1, 0.15) is 0 Å². The van der Waals surface area contributed by atoms with E-state index < -0.39 is 21.5 Å². The predicted octanol–water partition coefficient (Wildman–Crippen LogP) is 13.0. The van der Waals surface area contributed by atoms with Gasteiger partial charge in [0.25, 0.3) is 0 Å². The summed E-state index contributed by atoms with van der Waals surface area (Å²) in [5.74, 6) is -1.30. The summed E-state index contributed by atoms with van der Waals surface area (Å²) >= 11 is -4.86. The van der Waals surface area contributed by atoms with Crippen LogP contribution in [0.5, 0.6) is 0 Å². The normalized spacial score (nSPS) is 18.4. The Hall–Kier alpha value is -2.48. The Morgan fingerprint density at radius 3 is 2.11 bits per heavy atom. The van der Waals surface area contributed by atoms with Crippen LogP contribution in [0.4, 0.5) is 0 Å². The van der Waals surface area contributed by atoms with Crippen LogP contribution in [0.25, 0.3) is 45.2 Å². The fraction of sp³-hybridized carbons (Fsp3) is 0.238. The topological polar surface area (TPSA) is 0 Å². The number of benzene rings is 5. The summed E-state index contributed by atoms with van der Waals surface area (Å²) in [7, 11) is 17.4. The molecule has 7 rings (SSSR count). The Labute approximate surface area is 284 Å². The van der Waals surface area contributed by atoms with Crippen molar-refractivity contribution in [1.29, 1.82) is 0 Å². The Balaban J connectivity index is 1.48. The van der Waals surface area contributed by atoms with Gasteiger partial charge < -0.3 is 0 Å². The van der Waals surface area contributed by atoms with Gasteiger partial charge in [-0.3, -0.25) is 0 Å². The monoisotopic (exact) mass is 735 g/mol. The molecule has 0 saturated carbocycles. The van der Waals surface area contributed by atoms with E-state index in [-0.39, 0.29) is 7.25 Å². The van der Waals surface area contributed by atoms with Crippen LogP contribution in [-0.2, 0) is 15.6 Å². The minimum absolute atomic E-state index is 0.0714. The third kappa shape index (κ3) is 4.77. The Kier molecular flexibility index (Phi) is 8.09. The zero-order valence-electron chi connectivity index (χ0n) is 28.0. The molecule has 2 atom stereocenters.